The SMILES string of the molecule is Cc1cccc(NC(=O)CCCSCC(=O)N2CCCC[C@@H]2C)c1. The van der Waals surface area contributed by atoms with Crippen molar-refractivity contribution in [2.24, 2.45) is 0 Å². The van der Waals surface area contributed by atoms with Crippen LogP contribution in [0.5, 0.6) is 0 Å². The molecule has 0 radical (unpaired) electrons. The molecule has 0 saturated carbocycles. The van der Waals surface area contributed by atoms with Gasteiger partial charge >= 0.3 is 0 Å². The van der Waals surface area contributed by atoms with E-state index in [1.807, 2.05) is 36.1 Å². The Morgan fingerprint density at radius 3 is 2.92 bits per heavy atom. The Kier molecular flexibility index (Phi) is 7.63. The van der Waals surface area contributed by atoms with Crippen molar-refractivity contribution in [3.63, 3.8) is 0 Å². The van der Waals surface area contributed by atoms with Crippen LogP contribution in [-0.4, -0.2) is 40.8 Å². The summed E-state index contributed by atoms with van der Waals surface area (Å²) in [5.41, 5.74) is 1.98. The summed E-state index contributed by atoms with van der Waals surface area (Å²) in [6, 6.07) is 8.19. The van der Waals surface area contributed by atoms with Crippen LogP contribution < -0.4 is 5.32 Å². The highest BCUT2D eigenvalue weighted by Gasteiger charge is 2.22. The summed E-state index contributed by atoms with van der Waals surface area (Å²) in [6.07, 6.45) is 4.77. The van der Waals surface area contributed by atoms with E-state index in [9.17, 15) is 9.59 Å². The number of carbonyl (C=O) groups excluding carboxylic acids is 2. The van der Waals surface area contributed by atoms with E-state index in [0.29, 0.717) is 18.2 Å². The van der Waals surface area contributed by atoms with Gasteiger partial charge in [-0.05, 0) is 63.0 Å². The zero-order valence-electron chi connectivity index (χ0n) is 14.7. The highest BCUT2D eigenvalue weighted by atomic mass is 32.2. The Balaban J connectivity index is 1.59. The van der Waals surface area contributed by atoms with Gasteiger partial charge in [0.25, 0.3) is 0 Å². The number of piperidine rings is 1. The van der Waals surface area contributed by atoms with Crippen LogP contribution in [-0.2, 0) is 9.59 Å². The van der Waals surface area contributed by atoms with Gasteiger partial charge < -0.3 is 10.2 Å². The summed E-state index contributed by atoms with van der Waals surface area (Å²) in [7, 11) is 0. The number of carbonyl (C=O) groups is 2. The van der Waals surface area contributed by atoms with Crippen molar-refractivity contribution >= 4 is 29.3 Å². The molecule has 0 unspecified atom stereocenters. The number of nitrogens with zero attached hydrogens (tertiary/aromatic N) is 1. The van der Waals surface area contributed by atoms with Crippen LogP contribution in [0.2, 0.25) is 0 Å². The van der Waals surface area contributed by atoms with Crippen molar-refractivity contribution < 1.29 is 9.59 Å². The van der Waals surface area contributed by atoms with E-state index in [-0.39, 0.29) is 11.8 Å². The molecule has 4 nitrogen and oxygen atoms in total. The number of hydrogen-bond acceptors (Lipinski definition) is 3. The lowest BCUT2D eigenvalue weighted by Crippen LogP contribution is -2.43. The Morgan fingerprint density at radius 1 is 1.33 bits per heavy atom. The number of amides is 2. The van der Waals surface area contributed by atoms with Crippen LogP contribution in [0.25, 0.3) is 0 Å². The molecule has 132 valence electrons. The van der Waals surface area contributed by atoms with E-state index >= 15 is 0 Å². The van der Waals surface area contributed by atoms with Crippen molar-refractivity contribution in [3.8, 4) is 0 Å². The average molecular weight is 349 g/mol. The van der Waals surface area contributed by atoms with E-state index in [4.69, 9.17) is 0 Å². The zero-order chi connectivity index (χ0) is 17.4. The summed E-state index contributed by atoms with van der Waals surface area (Å²) < 4.78 is 0. The molecule has 0 aliphatic carbocycles. The Hall–Kier alpha value is -1.49. The van der Waals surface area contributed by atoms with E-state index in [2.05, 4.69) is 12.2 Å². The highest BCUT2D eigenvalue weighted by molar-refractivity contribution is 7.99. The van der Waals surface area contributed by atoms with E-state index in [1.165, 1.54) is 6.42 Å². The van der Waals surface area contributed by atoms with Gasteiger partial charge in [0.2, 0.25) is 11.8 Å². The second-order valence-corrected chi connectivity index (χ2v) is 7.61. The third-order valence-electron chi connectivity index (χ3n) is 4.34. The maximum atomic E-state index is 12.2. The average Bonchev–Trinajstić information content (AvgIpc) is 2.54. The lowest BCUT2D eigenvalue weighted by molar-refractivity contribution is -0.131. The number of nitrogens with one attached hydrogen (secondary N) is 1. The quantitative estimate of drug-likeness (QED) is 0.762. The lowest BCUT2D eigenvalue weighted by Gasteiger charge is -2.33. The van der Waals surface area contributed by atoms with Crippen molar-refractivity contribution in [1.82, 2.24) is 4.90 Å². The fourth-order valence-corrected chi connectivity index (χ4v) is 3.83. The molecule has 1 heterocycles. The van der Waals surface area contributed by atoms with Gasteiger partial charge in [0.1, 0.15) is 0 Å². The van der Waals surface area contributed by atoms with Crippen LogP contribution >= 0.6 is 11.8 Å². The molecule has 1 N–H and O–H groups in total. The lowest BCUT2D eigenvalue weighted by atomic mass is 10.0. The number of thioether (sulfide) groups is 1. The van der Waals surface area contributed by atoms with Gasteiger partial charge in [-0.3, -0.25) is 9.59 Å². The maximum Gasteiger partial charge on any atom is 0.232 e. The third-order valence-corrected chi connectivity index (χ3v) is 5.37. The second kappa shape index (κ2) is 9.72. The molecule has 1 aromatic carbocycles. The summed E-state index contributed by atoms with van der Waals surface area (Å²) in [4.78, 5) is 26.1. The number of benzene rings is 1. The van der Waals surface area contributed by atoms with Crippen LogP contribution in [0.1, 0.15) is 44.6 Å². The van der Waals surface area contributed by atoms with E-state index in [1.54, 1.807) is 11.8 Å². The molecule has 1 aliphatic heterocycles. The van der Waals surface area contributed by atoms with Crippen LogP contribution in [0.3, 0.4) is 0 Å². The summed E-state index contributed by atoms with van der Waals surface area (Å²) in [5.74, 6) is 1.66. The first-order chi connectivity index (χ1) is 11.6. The van der Waals surface area contributed by atoms with Gasteiger partial charge in [-0.25, -0.2) is 0 Å². The summed E-state index contributed by atoms with van der Waals surface area (Å²) >= 11 is 1.64. The van der Waals surface area contributed by atoms with Gasteiger partial charge in [-0.1, -0.05) is 12.1 Å². The molecule has 1 atom stereocenters. The normalized spacial score (nSPS) is 17.6. The second-order valence-electron chi connectivity index (χ2n) is 6.51. The Bertz CT molecular complexity index is 562. The standard InChI is InChI=1S/C19H28N2O2S/c1-15-7-5-9-17(13-15)20-18(22)10-6-12-24-14-19(23)21-11-4-3-8-16(21)2/h5,7,9,13,16H,3-4,6,8,10-12,14H2,1-2H3,(H,20,22)/t16-/m0/s1. The Morgan fingerprint density at radius 2 is 2.17 bits per heavy atom. The first-order valence-electron chi connectivity index (χ1n) is 8.80. The van der Waals surface area contributed by atoms with Crippen molar-refractivity contribution in [2.45, 2.75) is 52.0 Å². The van der Waals surface area contributed by atoms with Crippen LogP contribution in [0.15, 0.2) is 24.3 Å². The van der Waals surface area contributed by atoms with Crippen LogP contribution in [0, 0.1) is 6.92 Å². The van der Waals surface area contributed by atoms with Crippen molar-refractivity contribution in [2.75, 3.05) is 23.4 Å². The maximum absolute atomic E-state index is 12.2. The number of likely N-dealkylation sites (tertiary alicyclic amines) is 1. The molecular formula is C19H28N2O2S. The van der Waals surface area contributed by atoms with Gasteiger partial charge in [0, 0.05) is 24.7 Å². The van der Waals surface area contributed by atoms with Crippen molar-refractivity contribution in [3.05, 3.63) is 29.8 Å². The number of hydrogen-bond donors (Lipinski definition) is 1. The molecule has 2 rings (SSSR count). The molecule has 0 aromatic heterocycles. The minimum absolute atomic E-state index is 0.0391. The highest BCUT2D eigenvalue weighted by Crippen LogP contribution is 2.18. The fourth-order valence-electron chi connectivity index (χ4n) is 2.99. The van der Waals surface area contributed by atoms with E-state index < -0.39 is 0 Å². The minimum atomic E-state index is 0.0391. The Labute approximate surface area is 149 Å². The summed E-state index contributed by atoms with van der Waals surface area (Å²) in [5, 5.41) is 2.92. The molecule has 24 heavy (non-hydrogen) atoms. The molecule has 5 heteroatoms. The van der Waals surface area contributed by atoms with Gasteiger partial charge in [0.05, 0.1) is 5.75 Å². The molecule has 1 saturated heterocycles. The van der Waals surface area contributed by atoms with Gasteiger partial charge in [0.15, 0.2) is 0 Å². The number of anilines is 1. The predicted octanol–water partition coefficient (Wildman–Crippen LogP) is 3.85. The molecule has 1 aliphatic rings. The first kappa shape index (κ1) is 18.8. The number of rotatable bonds is 7. The zero-order valence-corrected chi connectivity index (χ0v) is 15.5. The fraction of sp³-hybridized carbons (Fsp3) is 0.579. The topological polar surface area (TPSA) is 49.4 Å². The monoisotopic (exact) mass is 348 g/mol. The van der Waals surface area contributed by atoms with Gasteiger partial charge in [-0.2, -0.15) is 11.8 Å². The molecule has 2 amide bonds. The minimum Gasteiger partial charge on any atom is -0.339 e. The van der Waals surface area contributed by atoms with Gasteiger partial charge in [-0.15, -0.1) is 0 Å². The molecule has 0 spiro atoms. The molecule has 1 fully saturated rings. The van der Waals surface area contributed by atoms with Crippen LogP contribution in [0.4, 0.5) is 5.69 Å². The molecule has 1 aromatic rings. The smallest absolute Gasteiger partial charge is 0.232 e. The van der Waals surface area contributed by atoms with E-state index in [0.717, 1.165) is 42.8 Å². The predicted molar refractivity (Wildman–Crippen MR) is 101 cm³/mol. The third kappa shape index (κ3) is 6.19. The largest absolute Gasteiger partial charge is 0.339 e. The van der Waals surface area contributed by atoms with Crippen molar-refractivity contribution in [1.29, 1.82) is 0 Å². The number of aryl methyl sites for hydroxylation is 1. The first-order valence-corrected chi connectivity index (χ1v) is 9.95. The summed E-state index contributed by atoms with van der Waals surface area (Å²) in [6.45, 7) is 5.04. The molecular weight excluding hydrogens is 320 g/mol. The molecule has 0 bridgehead atoms.